The molecular formula is C14H23OY-. The molecule has 0 atom stereocenters. The van der Waals surface area contributed by atoms with E-state index in [1.165, 1.54) is 0 Å². The van der Waals surface area contributed by atoms with Gasteiger partial charge in [-0.15, -0.1) is 0 Å². The van der Waals surface area contributed by atoms with Crippen molar-refractivity contribution in [3.05, 3.63) is 43.3 Å². The zero-order valence-electron chi connectivity index (χ0n) is 11.4. The van der Waals surface area contributed by atoms with Crippen molar-refractivity contribution in [2.45, 2.75) is 34.6 Å². The van der Waals surface area contributed by atoms with Crippen molar-refractivity contribution in [2.24, 2.45) is 0 Å². The summed E-state index contributed by atoms with van der Waals surface area (Å²) in [5, 5.41) is 0. The molecule has 2 heteroatoms. The van der Waals surface area contributed by atoms with Gasteiger partial charge in [0.1, 0.15) is 5.94 Å². The summed E-state index contributed by atoms with van der Waals surface area (Å²) in [6.07, 6.45) is 0. The maximum atomic E-state index is 10.1. The van der Waals surface area contributed by atoms with E-state index in [4.69, 9.17) is 0 Å². The van der Waals surface area contributed by atoms with Crippen molar-refractivity contribution in [1.82, 2.24) is 0 Å². The van der Waals surface area contributed by atoms with E-state index in [1.807, 2.05) is 64.0 Å². The van der Waals surface area contributed by atoms with E-state index in [0.717, 1.165) is 5.56 Å². The molecule has 1 nitrogen and oxygen atoms in total. The van der Waals surface area contributed by atoms with Crippen LogP contribution in [0, 0.1) is 7.43 Å². The monoisotopic (exact) mass is 296 g/mol. The minimum absolute atomic E-state index is 0. The van der Waals surface area contributed by atoms with Gasteiger partial charge in [-0.3, -0.25) is 0 Å². The SMILES string of the molecule is CC.CC.CC(=C=O)c1ccccc1.[CH3-].[Y]. The summed E-state index contributed by atoms with van der Waals surface area (Å²) >= 11 is 0. The van der Waals surface area contributed by atoms with Crippen LogP contribution < -0.4 is 0 Å². The van der Waals surface area contributed by atoms with Gasteiger partial charge in [-0.2, -0.15) is 0 Å². The predicted octanol–water partition coefficient (Wildman–Crippen LogP) is 4.42. The Labute approximate surface area is 126 Å². The Morgan fingerprint density at radius 2 is 1.38 bits per heavy atom. The zero-order chi connectivity index (χ0) is 11.4. The van der Waals surface area contributed by atoms with E-state index in [0.29, 0.717) is 5.57 Å². The van der Waals surface area contributed by atoms with Crippen molar-refractivity contribution in [3.63, 3.8) is 0 Å². The summed E-state index contributed by atoms with van der Waals surface area (Å²) in [5.74, 6) is 1.85. The molecule has 0 bridgehead atoms. The standard InChI is InChI=1S/C9H8O.2C2H6.CH3.Y/c1-8(7-10)9-5-3-2-4-6-9;2*1-2;;/h2-6H,1H3;2*1-2H3;1H3;/q;;;-1;. The predicted molar refractivity (Wildman–Crippen MR) is 70.3 cm³/mol. The molecule has 0 unspecified atom stereocenters. The van der Waals surface area contributed by atoms with Gasteiger partial charge in [-0.25, -0.2) is 4.79 Å². The first-order chi connectivity index (χ1) is 6.84. The van der Waals surface area contributed by atoms with Gasteiger partial charge in [-0.1, -0.05) is 58.0 Å². The summed E-state index contributed by atoms with van der Waals surface area (Å²) in [4.78, 5) is 10.1. The topological polar surface area (TPSA) is 17.1 Å². The molecule has 1 aromatic rings. The van der Waals surface area contributed by atoms with Gasteiger partial charge in [-0.05, 0) is 12.5 Å². The summed E-state index contributed by atoms with van der Waals surface area (Å²) in [7, 11) is 0. The largest absolute Gasteiger partial charge is 0.358 e. The van der Waals surface area contributed by atoms with Gasteiger partial charge in [0, 0.05) is 38.3 Å². The maximum Gasteiger partial charge on any atom is 0.128 e. The van der Waals surface area contributed by atoms with Gasteiger partial charge in [0.2, 0.25) is 0 Å². The third-order valence-corrected chi connectivity index (χ3v) is 1.36. The van der Waals surface area contributed by atoms with Crippen LogP contribution in [0.25, 0.3) is 5.57 Å². The van der Waals surface area contributed by atoms with E-state index in [1.54, 1.807) is 6.92 Å². The molecule has 1 rings (SSSR count). The Kier molecular flexibility index (Phi) is 31.4. The molecule has 0 fully saturated rings. The Hall–Kier alpha value is -0.226. The van der Waals surface area contributed by atoms with E-state index >= 15 is 0 Å². The Morgan fingerprint density at radius 3 is 1.69 bits per heavy atom. The van der Waals surface area contributed by atoms with Gasteiger partial charge >= 0.3 is 0 Å². The van der Waals surface area contributed by atoms with Crippen LogP contribution in [0.5, 0.6) is 0 Å². The molecule has 0 saturated heterocycles. The van der Waals surface area contributed by atoms with Gasteiger partial charge in [0.25, 0.3) is 0 Å². The number of carbonyl (C=O) groups excluding carboxylic acids is 1. The Bertz CT molecular complexity index is 261. The van der Waals surface area contributed by atoms with Crippen LogP contribution in [0.2, 0.25) is 0 Å². The quantitative estimate of drug-likeness (QED) is 0.554. The molecule has 0 amide bonds. The zero-order valence-corrected chi connectivity index (χ0v) is 14.2. The van der Waals surface area contributed by atoms with Gasteiger partial charge < -0.3 is 7.43 Å². The summed E-state index contributed by atoms with van der Waals surface area (Å²) in [5.41, 5.74) is 1.60. The number of hydrogen-bond acceptors (Lipinski definition) is 1. The van der Waals surface area contributed by atoms with Crippen molar-refractivity contribution in [3.8, 4) is 0 Å². The van der Waals surface area contributed by atoms with Crippen molar-refractivity contribution in [2.75, 3.05) is 0 Å². The molecule has 1 aromatic carbocycles. The number of rotatable bonds is 1. The van der Waals surface area contributed by atoms with Crippen LogP contribution in [0.3, 0.4) is 0 Å². The molecular weight excluding hydrogens is 273 g/mol. The Balaban J connectivity index is -0.000000109. The second-order valence-electron chi connectivity index (χ2n) is 2.09. The second kappa shape index (κ2) is 20.2. The first-order valence-corrected chi connectivity index (χ1v) is 5.11. The van der Waals surface area contributed by atoms with Gasteiger partial charge in [0.05, 0.1) is 0 Å². The molecule has 0 spiro atoms. The van der Waals surface area contributed by atoms with E-state index in [-0.39, 0.29) is 40.1 Å². The van der Waals surface area contributed by atoms with Crippen molar-refractivity contribution >= 4 is 11.5 Å². The molecule has 16 heavy (non-hydrogen) atoms. The van der Waals surface area contributed by atoms with Crippen LogP contribution in [0.1, 0.15) is 40.2 Å². The molecule has 0 aliphatic heterocycles. The van der Waals surface area contributed by atoms with Crippen LogP contribution in [-0.4, -0.2) is 5.94 Å². The third-order valence-electron chi connectivity index (χ3n) is 1.36. The summed E-state index contributed by atoms with van der Waals surface area (Å²) < 4.78 is 0. The summed E-state index contributed by atoms with van der Waals surface area (Å²) in [6, 6.07) is 9.49. The number of hydrogen-bond donors (Lipinski definition) is 0. The minimum Gasteiger partial charge on any atom is -0.358 e. The molecule has 0 aromatic heterocycles. The fraction of sp³-hybridized carbons (Fsp3) is 0.357. The first kappa shape index (κ1) is 24.8. The van der Waals surface area contributed by atoms with Crippen LogP contribution in [0.4, 0.5) is 0 Å². The van der Waals surface area contributed by atoms with E-state index in [9.17, 15) is 4.79 Å². The second-order valence-corrected chi connectivity index (χ2v) is 2.09. The van der Waals surface area contributed by atoms with Gasteiger partial charge in [0.15, 0.2) is 0 Å². The first-order valence-electron chi connectivity index (χ1n) is 5.11. The molecule has 0 N–H and O–H groups in total. The number of benzene rings is 1. The van der Waals surface area contributed by atoms with Crippen LogP contribution >= 0.6 is 0 Å². The van der Waals surface area contributed by atoms with E-state index < -0.39 is 0 Å². The minimum atomic E-state index is 0. The smallest absolute Gasteiger partial charge is 0.128 e. The van der Waals surface area contributed by atoms with E-state index in [2.05, 4.69) is 0 Å². The maximum absolute atomic E-state index is 10.1. The molecule has 1 radical (unpaired) electrons. The molecule has 0 heterocycles. The normalized spacial score (nSPS) is 6.06. The fourth-order valence-electron chi connectivity index (χ4n) is 0.747. The Morgan fingerprint density at radius 1 is 1.00 bits per heavy atom. The van der Waals surface area contributed by atoms with Crippen LogP contribution in [-0.2, 0) is 37.5 Å². The summed E-state index contributed by atoms with van der Waals surface area (Å²) in [6.45, 7) is 9.75. The average molecular weight is 296 g/mol. The third kappa shape index (κ3) is 11.8. The van der Waals surface area contributed by atoms with Crippen molar-refractivity contribution in [1.29, 1.82) is 0 Å². The average Bonchev–Trinajstić information content (AvgIpc) is 2.34. The van der Waals surface area contributed by atoms with Crippen molar-refractivity contribution < 1.29 is 37.5 Å². The molecule has 0 saturated carbocycles. The van der Waals surface area contributed by atoms with Crippen LogP contribution in [0.15, 0.2) is 30.3 Å². The fourth-order valence-corrected chi connectivity index (χ4v) is 0.747. The molecule has 89 valence electrons. The molecule has 0 aliphatic carbocycles. The number of allylic oxidation sites excluding steroid dienone is 1. The molecule has 0 aliphatic rings.